The lowest BCUT2D eigenvalue weighted by molar-refractivity contribution is -0.137. The summed E-state index contributed by atoms with van der Waals surface area (Å²) in [7, 11) is 2.20. The first-order chi connectivity index (χ1) is 12.0. The molecule has 2 aliphatic rings. The number of rotatable bonds is 3. The van der Waals surface area contributed by atoms with Crippen molar-refractivity contribution in [2.24, 2.45) is 5.92 Å². The fraction of sp³-hybridized carbons (Fsp3) is 0.550. The number of benzene rings is 1. The Morgan fingerprint density at radius 3 is 2.84 bits per heavy atom. The molecule has 1 aromatic carbocycles. The number of likely N-dealkylation sites (tertiary alicyclic amines) is 1. The highest BCUT2D eigenvalue weighted by Crippen LogP contribution is 2.45. The van der Waals surface area contributed by atoms with Gasteiger partial charge in [0.15, 0.2) is 0 Å². The van der Waals surface area contributed by atoms with Crippen LogP contribution in [0.4, 0.5) is 0 Å². The van der Waals surface area contributed by atoms with E-state index in [1.54, 1.807) is 0 Å². The van der Waals surface area contributed by atoms with Gasteiger partial charge in [-0.25, -0.2) is 0 Å². The average Bonchev–Trinajstić information content (AvgIpc) is 2.93. The Kier molecular flexibility index (Phi) is 4.56. The third-order valence-corrected chi connectivity index (χ3v) is 7.14. The number of amides is 1. The van der Waals surface area contributed by atoms with Gasteiger partial charge in [0.05, 0.1) is 9.62 Å². The van der Waals surface area contributed by atoms with Crippen LogP contribution in [0.1, 0.15) is 37.3 Å². The molecule has 1 saturated heterocycles. The maximum Gasteiger partial charge on any atom is 0.226 e. The highest BCUT2D eigenvalue weighted by molar-refractivity contribution is 14.1. The van der Waals surface area contributed by atoms with Crippen LogP contribution in [0.25, 0.3) is 10.9 Å². The van der Waals surface area contributed by atoms with Gasteiger partial charge in [-0.15, -0.1) is 0 Å². The molecule has 0 saturated carbocycles. The van der Waals surface area contributed by atoms with Gasteiger partial charge in [0.2, 0.25) is 5.91 Å². The second-order valence-electron chi connectivity index (χ2n) is 7.45. The van der Waals surface area contributed by atoms with Crippen LogP contribution in [0.3, 0.4) is 0 Å². The van der Waals surface area contributed by atoms with Crippen molar-refractivity contribution >= 4 is 39.4 Å². The number of hydrogen-bond donors (Lipinski definition) is 1. The maximum absolute atomic E-state index is 13.0. The highest BCUT2D eigenvalue weighted by atomic mass is 127. The molecule has 1 amide bonds. The average molecular weight is 451 g/mol. The number of aromatic amines is 1. The van der Waals surface area contributed by atoms with Gasteiger partial charge in [0.1, 0.15) is 0 Å². The molecule has 3 atom stereocenters. The van der Waals surface area contributed by atoms with E-state index in [0.717, 1.165) is 32.5 Å². The molecule has 1 fully saturated rings. The minimum Gasteiger partial charge on any atom is -0.350 e. The maximum atomic E-state index is 13.0. The van der Waals surface area contributed by atoms with E-state index in [1.807, 2.05) is 4.90 Å². The lowest BCUT2D eigenvalue weighted by Gasteiger charge is -2.45. The van der Waals surface area contributed by atoms with Gasteiger partial charge in [-0.2, -0.15) is 0 Å². The van der Waals surface area contributed by atoms with Crippen LogP contribution in [0.2, 0.25) is 0 Å². The molecule has 0 radical (unpaired) electrons. The van der Waals surface area contributed by atoms with Crippen LogP contribution in [-0.2, 0) is 11.2 Å². The molecular weight excluding hydrogens is 425 g/mol. The second-order valence-corrected chi connectivity index (χ2v) is 8.53. The number of hydrogen-bond acceptors (Lipinski definition) is 2. The van der Waals surface area contributed by atoms with Crippen molar-refractivity contribution in [3.05, 3.63) is 33.0 Å². The third-order valence-electron chi connectivity index (χ3n) is 6.22. The number of fused-ring (bicyclic) bond motifs is 2. The summed E-state index contributed by atoms with van der Waals surface area (Å²) in [5.74, 6) is 0.893. The molecule has 4 rings (SSSR count). The summed E-state index contributed by atoms with van der Waals surface area (Å²) in [6, 6.07) is 7.12. The van der Waals surface area contributed by atoms with E-state index in [1.165, 1.54) is 25.7 Å². The lowest BCUT2D eigenvalue weighted by atomic mass is 9.72. The van der Waals surface area contributed by atoms with E-state index in [-0.39, 0.29) is 5.92 Å². The van der Waals surface area contributed by atoms with E-state index in [0.29, 0.717) is 17.9 Å². The largest absolute Gasteiger partial charge is 0.350 e. The van der Waals surface area contributed by atoms with Crippen LogP contribution < -0.4 is 0 Å². The molecule has 4 nitrogen and oxygen atoms in total. The Morgan fingerprint density at radius 2 is 2.12 bits per heavy atom. The number of nitrogens with zero attached hydrogens (tertiary/aromatic N) is 2. The summed E-state index contributed by atoms with van der Waals surface area (Å²) in [6.45, 7) is 6.64. The predicted octanol–water partition coefficient (Wildman–Crippen LogP) is 3.60. The molecule has 2 aromatic rings. The smallest absolute Gasteiger partial charge is 0.226 e. The van der Waals surface area contributed by atoms with Crippen molar-refractivity contribution in [2.75, 3.05) is 26.7 Å². The number of carbonyl (C=O) groups excluding carboxylic acids is 1. The van der Waals surface area contributed by atoms with E-state index in [2.05, 4.69) is 71.6 Å². The molecule has 1 aliphatic carbocycles. The normalized spacial score (nSPS) is 25.8. The van der Waals surface area contributed by atoms with Crippen LogP contribution >= 0.6 is 22.6 Å². The topological polar surface area (TPSA) is 39.3 Å². The lowest BCUT2D eigenvalue weighted by Crippen LogP contribution is -2.52. The second kappa shape index (κ2) is 6.58. The summed E-state index contributed by atoms with van der Waals surface area (Å²) < 4.78 is 1.27. The van der Waals surface area contributed by atoms with Crippen molar-refractivity contribution in [1.82, 2.24) is 14.8 Å². The summed E-state index contributed by atoms with van der Waals surface area (Å²) in [5.41, 5.74) is 4.15. The number of carbonyl (C=O) groups is 1. The van der Waals surface area contributed by atoms with Gasteiger partial charge < -0.3 is 14.8 Å². The van der Waals surface area contributed by atoms with Gasteiger partial charge in [0, 0.05) is 42.5 Å². The van der Waals surface area contributed by atoms with Gasteiger partial charge in [-0.3, -0.25) is 4.79 Å². The minimum absolute atomic E-state index is 0.112. The standard InChI is InChI=1S/C20H26IN3O/c1-4-24(5-2)20(25)12-9-14-13-7-6-8-16-18(13)15(19(21)22-16)10-17(14)23(3)11-12/h6-8,12,14,17,22H,4-5,9-11H2,1-3H3/t12-,14-,17-/m1/s1. The Hall–Kier alpha value is -1.08. The van der Waals surface area contributed by atoms with Crippen LogP contribution in [-0.4, -0.2) is 53.4 Å². The summed E-state index contributed by atoms with van der Waals surface area (Å²) >= 11 is 2.43. The number of halogens is 1. The number of nitrogens with one attached hydrogen (secondary N) is 1. The molecule has 134 valence electrons. The zero-order valence-electron chi connectivity index (χ0n) is 15.2. The molecule has 2 heterocycles. The quantitative estimate of drug-likeness (QED) is 0.725. The van der Waals surface area contributed by atoms with Gasteiger partial charge in [-0.1, -0.05) is 12.1 Å². The zero-order chi connectivity index (χ0) is 17.7. The SMILES string of the molecule is CCN(CC)C(=O)[C@@H]1C[C@@H]2c3cccc4[nH]c(I)c(c34)C[C@H]2N(C)C1. The Morgan fingerprint density at radius 1 is 1.36 bits per heavy atom. The molecule has 25 heavy (non-hydrogen) atoms. The van der Waals surface area contributed by atoms with Gasteiger partial charge >= 0.3 is 0 Å². The van der Waals surface area contributed by atoms with Crippen molar-refractivity contribution in [1.29, 1.82) is 0 Å². The van der Waals surface area contributed by atoms with Crippen LogP contribution in [0.5, 0.6) is 0 Å². The van der Waals surface area contributed by atoms with Crippen molar-refractivity contribution in [3.63, 3.8) is 0 Å². The van der Waals surface area contributed by atoms with Gasteiger partial charge in [0.25, 0.3) is 0 Å². The van der Waals surface area contributed by atoms with E-state index < -0.39 is 0 Å². The molecule has 0 unspecified atom stereocenters. The summed E-state index contributed by atoms with van der Waals surface area (Å²) in [5, 5.41) is 1.41. The molecular formula is C20H26IN3O. The van der Waals surface area contributed by atoms with Crippen molar-refractivity contribution < 1.29 is 4.79 Å². The first-order valence-electron chi connectivity index (χ1n) is 9.33. The predicted molar refractivity (Wildman–Crippen MR) is 110 cm³/mol. The molecule has 0 bridgehead atoms. The highest BCUT2D eigenvalue weighted by Gasteiger charge is 2.42. The first-order valence-corrected chi connectivity index (χ1v) is 10.4. The zero-order valence-corrected chi connectivity index (χ0v) is 17.3. The van der Waals surface area contributed by atoms with Gasteiger partial charge in [-0.05, 0) is 73.5 Å². The Labute approximate surface area is 163 Å². The number of likely N-dealkylation sites (N-methyl/N-ethyl adjacent to an activating group) is 1. The summed E-state index contributed by atoms with van der Waals surface area (Å²) in [6.07, 6.45) is 2.06. The summed E-state index contributed by atoms with van der Waals surface area (Å²) in [4.78, 5) is 20.9. The monoisotopic (exact) mass is 451 g/mol. The first kappa shape index (κ1) is 17.3. The number of piperidine rings is 1. The minimum atomic E-state index is 0.112. The van der Waals surface area contributed by atoms with Crippen molar-refractivity contribution in [3.8, 4) is 0 Å². The molecule has 1 aromatic heterocycles. The molecule has 1 aliphatic heterocycles. The number of aromatic nitrogens is 1. The van der Waals surface area contributed by atoms with Crippen LogP contribution in [0.15, 0.2) is 18.2 Å². The number of H-pyrrole nitrogens is 1. The van der Waals surface area contributed by atoms with E-state index in [4.69, 9.17) is 0 Å². The fourth-order valence-electron chi connectivity index (χ4n) is 4.96. The van der Waals surface area contributed by atoms with E-state index >= 15 is 0 Å². The Bertz CT molecular complexity index is 811. The third kappa shape index (κ3) is 2.70. The molecule has 1 N–H and O–H groups in total. The van der Waals surface area contributed by atoms with E-state index in [9.17, 15) is 4.79 Å². The van der Waals surface area contributed by atoms with Crippen LogP contribution in [0, 0.1) is 9.62 Å². The molecule has 0 spiro atoms. The van der Waals surface area contributed by atoms with Crippen molar-refractivity contribution in [2.45, 2.75) is 38.6 Å². The molecule has 5 heteroatoms. The fourth-order valence-corrected chi connectivity index (χ4v) is 5.74. The Balaban J connectivity index is 1.72.